The molecule has 1 aliphatic heterocycles. The van der Waals surface area contributed by atoms with Crippen LogP contribution in [0.4, 0.5) is 11.4 Å². The highest BCUT2D eigenvalue weighted by Gasteiger charge is 2.40. The largest absolute Gasteiger partial charge is 0.378 e. The minimum absolute atomic E-state index is 0.00498. The van der Waals surface area contributed by atoms with Crippen molar-refractivity contribution in [3.63, 3.8) is 0 Å². The molecule has 5 nitrogen and oxygen atoms in total. The zero-order valence-corrected chi connectivity index (χ0v) is 16.5. The van der Waals surface area contributed by atoms with E-state index < -0.39 is 0 Å². The summed E-state index contributed by atoms with van der Waals surface area (Å²) in [6, 6.07) is 16.7. The highest BCUT2D eigenvalue weighted by Crippen LogP contribution is 2.41. The van der Waals surface area contributed by atoms with Crippen molar-refractivity contribution < 1.29 is 0 Å². The second-order valence-corrected chi connectivity index (χ2v) is 7.40. The molecule has 2 aromatic heterocycles. The first-order valence-corrected chi connectivity index (χ1v) is 9.35. The zero-order valence-electron chi connectivity index (χ0n) is 15.7. The summed E-state index contributed by atoms with van der Waals surface area (Å²) in [5, 5.41) is 4.21. The van der Waals surface area contributed by atoms with Crippen LogP contribution in [0.2, 0.25) is 0 Å². The van der Waals surface area contributed by atoms with E-state index in [4.69, 9.17) is 12.2 Å². The monoisotopic (exact) mass is 377 g/mol. The van der Waals surface area contributed by atoms with Crippen molar-refractivity contribution in [2.45, 2.75) is 12.1 Å². The van der Waals surface area contributed by atoms with Crippen LogP contribution < -0.4 is 15.1 Å². The SMILES string of the molecule is CN(C)c1ccc(N2C(=S)N[C@@H](c3ccccn3)[C@@H]2c2ccn(C)c2)cc1. The molecule has 0 saturated carbocycles. The lowest BCUT2D eigenvalue weighted by Crippen LogP contribution is -2.29. The standard InChI is InChI=1S/C21H23N5S/c1-24(2)16-7-9-17(10-8-16)26-20(15-11-13-25(3)14-15)19(23-21(26)27)18-6-4-5-12-22-18/h4-14,19-20H,1-3H3,(H,23,27)/t19-,20-/m0/s1. The Bertz CT molecular complexity index is 933. The van der Waals surface area contributed by atoms with Crippen molar-refractivity contribution in [2.75, 3.05) is 23.9 Å². The van der Waals surface area contributed by atoms with Gasteiger partial charge in [0.25, 0.3) is 0 Å². The topological polar surface area (TPSA) is 36.3 Å². The lowest BCUT2D eigenvalue weighted by molar-refractivity contribution is 0.567. The number of aryl methyl sites for hydroxylation is 1. The van der Waals surface area contributed by atoms with E-state index in [1.165, 1.54) is 5.56 Å². The summed E-state index contributed by atoms with van der Waals surface area (Å²) in [6.45, 7) is 0. The summed E-state index contributed by atoms with van der Waals surface area (Å²) in [4.78, 5) is 8.87. The number of anilines is 2. The smallest absolute Gasteiger partial charge is 0.174 e. The second kappa shape index (κ2) is 7.04. The molecule has 1 aliphatic rings. The molecule has 0 spiro atoms. The van der Waals surface area contributed by atoms with Crippen LogP contribution in [0.15, 0.2) is 67.1 Å². The molecule has 0 aliphatic carbocycles. The van der Waals surface area contributed by atoms with E-state index in [9.17, 15) is 0 Å². The van der Waals surface area contributed by atoms with Crippen LogP contribution in [0, 0.1) is 0 Å². The average Bonchev–Trinajstić information content (AvgIpc) is 3.25. The van der Waals surface area contributed by atoms with Crippen molar-refractivity contribution >= 4 is 28.7 Å². The molecule has 0 radical (unpaired) electrons. The average molecular weight is 378 g/mol. The Morgan fingerprint density at radius 1 is 1.07 bits per heavy atom. The fourth-order valence-electron chi connectivity index (χ4n) is 3.58. The molecular weight excluding hydrogens is 354 g/mol. The van der Waals surface area contributed by atoms with Gasteiger partial charge >= 0.3 is 0 Å². The van der Waals surface area contributed by atoms with Crippen molar-refractivity contribution in [1.82, 2.24) is 14.9 Å². The van der Waals surface area contributed by atoms with Crippen LogP contribution in [0.25, 0.3) is 0 Å². The molecular formula is C21H23N5S. The number of hydrogen-bond donors (Lipinski definition) is 1. The van der Waals surface area contributed by atoms with Gasteiger partial charge in [-0.05, 0) is 60.2 Å². The Morgan fingerprint density at radius 3 is 2.44 bits per heavy atom. The van der Waals surface area contributed by atoms with Crippen molar-refractivity contribution in [3.05, 3.63) is 78.4 Å². The molecule has 1 saturated heterocycles. The third-order valence-corrected chi connectivity index (χ3v) is 5.25. The molecule has 0 unspecified atom stereocenters. The van der Waals surface area contributed by atoms with Gasteiger partial charge < -0.3 is 19.7 Å². The summed E-state index contributed by atoms with van der Waals surface area (Å²) in [6.07, 6.45) is 6.05. The Morgan fingerprint density at radius 2 is 1.85 bits per heavy atom. The van der Waals surface area contributed by atoms with E-state index in [1.807, 2.05) is 39.5 Å². The minimum Gasteiger partial charge on any atom is -0.378 e. The van der Waals surface area contributed by atoms with Crippen LogP contribution in [0.5, 0.6) is 0 Å². The molecule has 1 fully saturated rings. The maximum atomic E-state index is 5.74. The molecule has 1 aromatic carbocycles. The molecule has 4 rings (SSSR count). The van der Waals surface area contributed by atoms with Crippen LogP contribution in [0.3, 0.4) is 0 Å². The van der Waals surface area contributed by atoms with E-state index >= 15 is 0 Å². The van der Waals surface area contributed by atoms with Gasteiger partial charge in [-0.3, -0.25) is 4.98 Å². The van der Waals surface area contributed by atoms with Crippen LogP contribution >= 0.6 is 12.2 Å². The van der Waals surface area contributed by atoms with Gasteiger partial charge in [-0.1, -0.05) is 6.07 Å². The molecule has 3 heterocycles. The Labute approximate surface area is 165 Å². The van der Waals surface area contributed by atoms with Gasteiger partial charge in [-0.2, -0.15) is 0 Å². The number of aromatic nitrogens is 2. The normalized spacial score (nSPS) is 19.2. The third kappa shape index (κ3) is 3.28. The second-order valence-electron chi connectivity index (χ2n) is 7.02. The van der Waals surface area contributed by atoms with Gasteiger partial charge in [0, 0.05) is 51.1 Å². The first kappa shape index (κ1) is 17.5. The number of thiocarbonyl (C=S) groups is 1. The van der Waals surface area contributed by atoms with Gasteiger partial charge in [-0.25, -0.2) is 0 Å². The molecule has 2 atom stereocenters. The quantitative estimate of drug-likeness (QED) is 0.702. The lowest BCUT2D eigenvalue weighted by atomic mass is 9.98. The fourth-order valence-corrected chi connectivity index (χ4v) is 3.93. The zero-order chi connectivity index (χ0) is 19.0. The van der Waals surface area contributed by atoms with Crippen molar-refractivity contribution in [1.29, 1.82) is 0 Å². The number of pyridine rings is 1. The number of rotatable bonds is 4. The first-order chi connectivity index (χ1) is 13.0. The van der Waals surface area contributed by atoms with Gasteiger partial charge in [-0.15, -0.1) is 0 Å². The Kier molecular flexibility index (Phi) is 4.58. The summed E-state index contributed by atoms with van der Waals surface area (Å²) in [5.41, 5.74) is 4.43. The van der Waals surface area contributed by atoms with E-state index in [1.54, 1.807) is 0 Å². The van der Waals surface area contributed by atoms with E-state index in [2.05, 4.69) is 73.5 Å². The van der Waals surface area contributed by atoms with Gasteiger partial charge in [0.1, 0.15) is 0 Å². The first-order valence-electron chi connectivity index (χ1n) is 8.94. The predicted molar refractivity (Wildman–Crippen MR) is 114 cm³/mol. The Balaban J connectivity index is 1.78. The molecule has 3 aromatic rings. The van der Waals surface area contributed by atoms with E-state index in [0.29, 0.717) is 0 Å². The van der Waals surface area contributed by atoms with Crippen LogP contribution in [-0.2, 0) is 7.05 Å². The van der Waals surface area contributed by atoms with Gasteiger partial charge in [0.15, 0.2) is 5.11 Å². The number of hydrogen-bond acceptors (Lipinski definition) is 3. The van der Waals surface area contributed by atoms with Crippen LogP contribution in [0.1, 0.15) is 23.3 Å². The van der Waals surface area contributed by atoms with Gasteiger partial charge in [0.2, 0.25) is 0 Å². The minimum atomic E-state index is -0.00498. The Hall–Kier alpha value is -2.86. The summed E-state index contributed by atoms with van der Waals surface area (Å²) in [7, 11) is 6.12. The molecule has 138 valence electrons. The van der Waals surface area contributed by atoms with E-state index in [0.717, 1.165) is 22.2 Å². The summed E-state index contributed by atoms with van der Waals surface area (Å²) in [5.74, 6) is 0. The highest BCUT2D eigenvalue weighted by atomic mass is 32.1. The van der Waals surface area contributed by atoms with Crippen molar-refractivity contribution in [2.24, 2.45) is 7.05 Å². The van der Waals surface area contributed by atoms with Crippen LogP contribution in [-0.4, -0.2) is 28.8 Å². The maximum Gasteiger partial charge on any atom is 0.174 e. The summed E-state index contributed by atoms with van der Waals surface area (Å²) < 4.78 is 2.07. The third-order valence-electron chi connectivity index (χ3n) is 4.94. The maximum absolute atomic E-state index is 5.74. The molecule has 1 N–H and O–H groups in total. The van der Waals surface area contributed by atoms with E-state index in [-0.39, 0.29) is 12.1 Å². The molecule has 27 heavy (non-hydrogen) atoms. The van der Waals surface area contributed by atoms with Crippen molar-refractivity contribution in [3.8, 4) is 0 Å². The molecule has 6 heteroatoms. The highest BCUT2D eigenvalue weighted by molar-refractivity contribution is 7.80. The number of nitrogens with one attached hydrogen (secondary N) is 1. The molecule has 0 bridgehead atoms. The predicted octanol–water partition coefficient (Wildman–Crippen LogP) is 3.66. The summed E-state index contributed by atoms with van der Waals surface area (Å²) >= 11 is 5.74. The number of benzene rings is 1. The number of nitrogens with zero attached hydrogens (tertiary/aromatic N) is 4. The molecule has 0 amide bonds. The van der Waals surface area contributed by atoms with Gasteiger partial charge in [0.05, 0.1) is 17.8 Å². The lowest BCUT2D eigenvalue weighted by Gasteiger charge is -2.27. The fraction of sp³-hybridized carbons (Fsp3) is 0.238.